The first-order valence-corrected chi connectivity index (χ1v) is 12.4. The van der Waals surface area contributed by atoms with Crippen molar-refractivity contribution in [1.29, 1.82) is 0 Å². The molecule has 0 radical (unpaired) electrons. The summed E-state index contributed by atoms with van der Waals surface area (Å²) < 4.78 is 6.21. The van der Waals surface area contributed by atoms with E-state index in [4.69, 9.17) is 39.2 Å². The van der Waals surface area contributed by atoms with Crippen LogP contribution in [0.1, 0.15) is 42.3 Å². The molecule has 2 nitrogen and oxygen atoms in total. The molecular formula is C20H23Cl3O2Si. The quantitative estimate of drug-likeness (QED) is 0.365. The lowest BCUT2D eigenvalue weighted by Gasteiger charge is -2.36. The van der Waals surface area contributed by atoms with Crippen LogP contribution < -0.4 is 0 Å². The largest absolute Gasteiger partial charge is 0.413 e. The van der Waals surface area contributed by atoms with E-state index in [0.29, 0.717) is 32.8 Å². The van der Waals surface area contributed by atoms with Crippen LogP contribution in [0.5, 0.6) is 0 Å². The molecule has 2 aromatic rings. The van der Waals surface area contributed by atoms with Crippen molar-refractivity contribution in [3.8, 4) is 0 Å². The molecule has 0 aliphatic rings. The third-order valence-corrected chi connectivity index (χ3v) is 10.2. The van der Waals surface area contributed by atoms with Crippen molar-refractivity contribution in [2.24, 2.45) is 0 Å². The van der Waals surface area contributed by atoms with Crippen LogP contribution in [-0.2, 0) is 11.0 Å². The molecule has 0 bridgehead atoms. The van der Waals surface area contributed by atoms with E-state index in [2.05, 4.69) is 33.9 Å². The lowest BCUT2D eigenvalue weighted by Crippen LogP contribution is -2.40. The molecule has 26 heavy (non-hydrogen) atoms. The van der Waals surface area contributed by atoms with Crippen LogP contribution >= 0.6 is 34.8 Å². The lowest BCUT2D eigenvalue weighted by molar-refractivity contribution is 0.103. The van der Waals surface area contributed by atoms with Gasteiger partial charge in [-0.2, -0.15) is 0 Å². The second-order valence-corrected chi connectivity index (χ2v) is 13.9. The van der Waals surface area contributed by atoms with Gasteiger partial charge in [0.05, 0.1) is 22.2 Å². The van der Waals surface area contributed by atoms with Gasteiger partial charge in [0.15, 0.2) is 14.1 Å². The fourth-order valence-corrected chi connectivity index (χ4v) is 3.94. The topological polar surface area (TPSA) is 26.3 Å². The van der Waals surface area contributed by atoms with Gasteiger partial charge in [-0.05, 0) is 60.1 Å². The lowest BCUT2D eigenvalue weighted by atomic mass is 10.0. The molecule has 0 fully saturated rings. The molecule has 0 atom stereocenters. The Morgan fingerprint density at radius 1 is 1.00 bits per heavy atom. The zero-order valence-corrected chi connectivity index (χ0v) is 18.9. The van der Waals surface area contributed by atoms with Gasteiger partial charge >= 0.3 is 0 Å². The molecule has 0 N–H and O–H groups in total. The Hall–Kier alpha value is -0.843. The summed E-state index contributed by atoms with van der Waals surface area (Å²) in [4.78, 5) is 12.7. The Balaban J connectivity index is 2.25. The maximum Gasteiger partial charge on any atom is 0.196 e. The van der Waals surface area contributed by atoms with Crippen LogP contribution in [0.2, 0.25) is 33.2 Å². The molecule has 0 heterocycles. The Labute approximate surface area is 171 Å². The van der Waals surface area contributed by atoms with E-state index in [1.54, 1.807) is 36.4 Å². The molecule has 6 heteroatoms. The summed E-state index contributed by atoms with van der Waals surface area (Å²) in [6.45, 7) is 11.4. The van der Waals surface area contributed by atoms with Gasteiger partial charge in [-0.1, -0.05) is 55.6 Å². The highest BCUT2D eigenvalue weighted by Crippen LogP contribution is 2.37. The highest BCUT2D eigenvalue weighted by Gasteiger charge is 2.37. The second-order valence-electron chi connectivity index (χ2n) is 7.82. The van der Waals surface area contributed by atoms with E-state index >= 15 is 0 Å². The summed E-state index contributed by atoms with van der Waals surface area (Å²) >= 11 is 18.6. The van der Waals surface area contributed by atoms with Crippen LogP contribution in [0.15, 0.2) is 36.4 Å². The summed E-state index contributed by atoms with van der Waals surface area (Å²) in [7, 11) is -1.88. The minimum Gasteiger partial charge on any atom is -0.413 e. The number of rotatable bonds is 5. The van der Waals surface area contributed by atoms with E-state index < -0.39 is 8.32 Å². The molecule has 0 amide bonds. The maximum atomic E-state index is 12.7. The predicted molar refractivity (Wildman–Crippen MR) is 113 cm³/mol. The highest BCUT2D eigenvalue weighted by atomic mass is 35.5. The molecule has 0 aromatic heterocycles. The average Bonchev–Trinajstić information content (AvgIpc) is 2.52. The van der Waals surface area contributed by atoms with Gasteiger partial charge in [-0.3, -0.25) is 4.79 Å². The maximum absolute atomic E-state index is 12.7. The third kappa shape index (κ3) is 4.90. The van der Waals surface area contributed by atoms with Crippen molar-refractivity contribution >= 4 is 48.9 Å². The first-order chi connectivity index (χ1) is 11.9. The monoisotopic (exact) mass is 428 g/mol. The van der Waals surface area contributed by atoms with Crippen molar-refractivity contribution in [2.45, 2.75) is 45.5 Å². The van der Waals surface area contributed by atoms with Gasteiger partial charge < -0.3 is 4.43 Å². The summed E-state index contributed by atoms with van der Waals surface area (Å²) in [5.74, 6) is -0.228. The molecular weight excluding hydrogens is 407 g/mol. The zero-order chi connectivity index (χ0) is 19.7. The number of carbonyl (C=O) groups is 1. The fraction of sp³-hybridized carbons (Fsp3) is 0.350. The Bertz CT molecular complexity index is 786. The highest BCUT2D eigenvalue weighted by molar-refractivity contribution is 6.74. The molecule has 0 aliphatic carbocycles. The Morgan fingerprint density at radius 2 is 1.50 bits per heavy atom. The van der Waals surface area contributed by atoms with Crippen LogP contribution in [0.25, 0.3) is 0 Å². The summed E-state index contributed by atoms with van der Waals surface area (Å²) in [5.41, 5.74) is 1.65. The van der Waals surface area contributed by atoms with Gasteiger partial charge in [-0.25, -0.2) is 0 Å². The van der Waals surface area contributed by atoms with Crippen LogP contribution in [0.4, 0.5) is 0 Å². The standard InChI is InChI=1S/C20H23Cl3O2Si/c1-20(2,3)26(4,5)25-12-13-10-16(22)18(17(23)11-13)19(24)14-6-8-15(21)9-7-14/h6-11H,12H2,1-5H3. The first-order valence-electron chi connectivity index (χ1n) is 8.34. The van der Waals surface area contributed by atoms with Crippen molar-refractivity contribution in [3.05, 3.63) is 68.2 Å². The zero-order valence-electron chi connectivity index (χ0n) is 15.6. The van der Waals surface area contributed by atoms with Crippen molar-refractivity contribution in [3.63, 3.8) is 0 Å². The number of hydrogen-bond donors (Lipinski definition) is 0. The molecule has 2 rings (SSSR count). The summed E-state index contributed by atoms with van der Waals surface area (Å²) in [6, 6.07) is 10.2. The minimum atomic E-state index is -1.88. The molecule has 0 aliphatic heterocycles. The predicted octanol–water partition coefficient (Wildman–Crippen LogP) is 7.40. The number of halogens is 3. The van der Waals surface area contributed by atoms with Gasteiger partial charge in [0.1, 0.15) is 0 Å². The second kappa shape index (κ2) is 8.03. The van der Waals surface area contributed by atoms with E-state index in [9.17, 15) is 4.79 Å². The van der Waals surface area contributed by atoms with E-state index in [0.717, 1.165) is 5.56 Å². The van der Waals surface area contributed by atoms with Crippen LogP contribution in [-0.4, -0.2) is 14.1 Å². The third-order valence-electron chi connectivity index (χ3n) is 4.84. The van der Waals surface area contributed by atoms with Gasteiger partial charge in [0, 0.05) is 10.6 Å². The van der Waals surface area contributed by atoms with E-state index in [-0.39, 0.29) is 10.8 Å². The number of ketones is 1. The van der Waals surface area contributed by atoms with Gasteiger partial charge in [0.25, 0.3) is 0 Å². The molecule has 140 valence electrons. The van der Waals surface area contributed by atoms with Gasteiger partial charge in [0.2, 0.25) is 0 Å². The molecule has 0 spiro atoms. The Morgan fingerprint density at radius 3 is 1.96 bits per heavy atom. The van der Waals surface area contributed by atoms with E-state index in [1.165, 1.54) is 0 Å². The van der Waals surface area contributed by atoms with Crippen LogP contribution in [0.3, 0.4) is 0 Å². The Kier molecular flexibility index (Phi) is 6.63. The number of hydrogen-bond acceptors (Lipinski definition) is 2. The minimum absolute atomic E-state index is 0.116. The van der Waals surface area contributed by atoms with Crippen molar-refractivity contribution in [1.82, 2.24) is 0 Å². The summed E-state index contributed by atoms with van der Waals surface area (Å²) in [5, 5.41) is 1.33. The molecule has 0 unspecified atom stereocenters. The van der Waals surface area contributed by atoms with E-state index in [1.807, 2.05) is 0 Å². The molecule has 0 saturated carbocycles. The fourth-order valence-electron chi connectivity index (χ4n) is 2.15. The SMILES string of the molecule is CC(C)(C)[Si](C)(C)OCc1cc(Cl)c(C(=O)c2ccc(Cl)cc2)c(Cl)c1. The number of benzene rings is 2. The molecule has 0 saturated heterocycles. The smallest absolute Gasteiger partial charge is 0.196 e. The van der Waals surface area contributed by atoms with Crippen molar-refractivity contribution < 1.29 is 9.22 Å². The number of carbonyl (C=O) groups excluding carboxylic acids is 1. The first kappa shape index (κ1) is 21.5. The van der Waals surface area contributed by atoms with Gasteiger partial charge in [-0.15, -0.1) is 0 Å². The summed E-state index contributed by atoms with van der Waals surface area (Å²) in [6.07, 6.45) is 0. The van der Waals surface area contributed by atoms with Crippen LogP contribution in [0, 0.1) is 0 Å². The average molecular weight is 430 g/mol. The van der Waals surface area contributed by atoms with Crippen molar-refractivity contribution in [2.75, 3.05) is 0 Å². The normalized spacial score (nSPS) is 12.3. The molecule has 2 aromatic carbocycles.